The number of non-ortho nitro benzene ring substituents is 1. The number of Topliss-reactive ketones (excluding diaryl/α,β-unsaturated/α-hetero) is 2. The number of aryl methyl sites for hydroxylation is 1. The smallest absolute Gasteiger partial charge is 0.270 e. The van der Waals surface area contributed by atoms with Crippen molar-refractivity contribution in [3.05, 3.63) is 140 Å². The normalized spacial score (nSPS) is 23.0. The molecule has 0 bridgehead atoms. The molecule has 4 aromatic carbocycles. The maximum atomic E-state index is 14.8. The minimum absolute atomic E-state index is 0.0534. The summed E-state index contributed by atoms with van der Waals surface area (Å²) in [5, 5.41) is 15.1. The van der Waals surface area contributed by atoms with E-state index < -0.39 is 40.0 Å². The third-order valence-corrected chi connectivity index (χ3v) is 9.06. The molecule has 4 atom stereocenters. The van der Waals surface area contributed by atoms with Gasteiger partial charge in [-0.1, -0.05) is 65.7 Å². The summed E-state index contributed by atoms with van der Waals surface area (Å²) in [5.41, 5.74) is 2.38. The van der Waals surface area contributed by atoms with Gasteiger partial charge in [-0.15, -0.1) is 0 Å². The average Bonchev–Trinajstić information content (AvgIpc) is 3.49. The van der Waals surface area contributed by atoms with Gasteiger partial charge < -0.3 is 10.2 Å². The van der Waals surface area contributed by atoms with E-state index in [0.717, 1.165) is 16.8 Å². The molecule has 0 unspecified atom stereocenters. The lowest BCUT2D eigenvalue weighted by molar-refractivity contribution is -0.384. The van der Waals surface area contributed by atoms with Crippen LogP contribution in [0.25, 0.3) is 6.08 Å². The van der Waals surface area contributed by atoms with Crippen LogP contribution in [0, 0.1) is 23.0 Å². The van der Waals surface area contributed by atoms with Crippen LogP contribution in [-0.4, -0.2) is 34.5 Å². The second-order valence-corrected chi connectivity index (χ2v) is 11.5. The molecule has 1 amide bonds. The van der Waals surface area contributed by atoms with Crippen molar-refractivity contribution in [3.8, 4) is 0 Å². The Labute approximate surface area is 251 Å². The number of carbonyl (C=O) groups is 3. The van der Waals surface area contributed by atoms with Crippen LogP contribution in [-0.2, 0) is 10.2 Å². The molecule has 1 spiro atoms. The summed E-state index contributed by atoms with van der Waals surface area (Å²) in [6, 6.07) is 23.1. The molecule has 8 nitrogen and oxygen atoms in total. The van der Waals surface area contributed by atoms with Gasteiger partial charge in [-0.25, -0.2) is 0 Å². The lowest BCUT2D eigenvalue weighted by Gasteiger charge is -2.37. The van der Waals surface area contributed by atoms with Gasteiger partial charge in [0.05, 0.1) is 16.9 Å². The summed E-state index contributed by atoms with van der Waals surface area (Å²) in [6.07, 6.45) is 3.83. The topological polar surface area (TPSA) is 110 Å². The quantitative estimate of drug-likeness (QED) is 0.164. The highest BCUT2D eigenvalue weighted by molar-refractivity contribution is 6.30. The fourth-order valence-corrected chi connectivity index (χ4v) is 7.16. The summed E-state index contributed by atoms with van der Waals surface area (Å²) in [7, 11) is 0. The van der Waals surface area contributed by atoms with E-state index in [0.29, 0.717) is 21.8 Å². The van der Waals surface area contributed by atoms with Gasteiger partial charge in [0.1, 0.15) is 11.5 Å². The summed E-state index contributed by atoms with van der Waals surface area (Å²) >= 11 is 6.15. The molecular formula is C34H24ClN3O5. The number of anilines is 2. The van der Waals surface area contributed by atoms with E-state index in [9.17, 15) is 24.5 Å². The molecular weight excluding hydrogens is 566 g/mol. The lowest BCUT2D eigenvalue weighted by Crippen LogP contribution is -2.51. The molecule has 1 N–H and O–H groups in total. The Morgan fingerprint density at radius 2 is 1.70 bits per heavy atom. The van der Waals surface area contributed by atoms with Crippen LogP contribution >= 0.6 is 11.6 Å². The predicted octanol–water partition coefficient (Wildman–Crippen LogP) is 6.41. The van der Waals surface area contributed by atoms with E-state index >= 15 is 0 Å². The molecule has 3 heterocycles. The lowest BCUT2D eigenvalue weighted by atomic mass is 9.64. The van der Waals surface area contributed by atoms with Crippen molar-refractivity contribution in [1.29, 1.82) is 0 Å². The number of fused-ring (bicyclic) bond motifs is 6. The maximum absolute atomic E-state index is 14.8. The number of nitro benzene ring substituents is 1. The summed E-state index contributed by atoms with van der Waals surface area (Å²) < 4.78 is 0. The number of rotatable bonds is 5. The monoisotopic (exact) mass is 589 g/mol. The van der Waals surface area contributed by atoms with E-state index in [-0.39, 0.29) is 17.0 Å². The van der Waals surface area contributed by atoms with Crippen LogP contribution in [0.5, 0.6) is 0 Å². The molecule has 1 saturated heterocycles. The van der Waals surface area contributed by atoms with Gasteiger partial charge in [-0.3, -0.25) is 24.5 Å². The first-order valence-corrected chi connectivity index (χ1v) is 14.2. The molecule has 7 rings (SSSR count). The molecule has 3 aliphatic heterocycles. The Morgan fingerprint density at radius 3 is 2.47 bits per heavy atom. The van der Waals surface area contributed by atoms with Crippen LogP contribution in [0.1, 0.15) is 37.4 Å². The molecule has 0 radical (unpaired) electrons. The van der Waals surface area contributed by atoms with Gasteiger partial charge >= 0.3 is 0 Å². The average molecular weight is 590 g/mol. The highest BCUT2D eigenvalue weighted by atomic mass is 35.5. The number of benzene rings is 4. The molecule has 43 heavy (non-hydrogen) atoms. The van der Waals surface area contributed by atoms with Crippen molar-refractivity contribution in [2.24, 2.45) is 5.92 Å². The Bertz CT molecular complexity index is 1900. The second kappa shape index (κ2) is 9.74. The molecule has 9 heteroatoms. The number of nitrogens with one attached hydrogen (secondary N) is 1. The number of ketones is 2. The standard InChI is InChI=1S/C34H24ClN3O5/c1-19-9-15-27-21(17-19)12-16-28-34(25-7-2-3-8-26(25)36-33(34)41)29(31(39)22-5-4-6-24(18-22)38(42)43)30(37(27)28)32(40)20-10-13-23(35)14-11-20/h2-18,28-30H,1H3,(H,36,41)/t28-,29+,30+,34-/m0/s1. The minimum Gasteiger partial charge on any atom is -0.352 e. The van der Waals surface area contributed by atoms with Crippen LogP contribution in [0.3, 0.4) is 0 Å². The number of halogens is 1. The van der Waals surface area contributed by atoms with Crippen molar-refractivity contribution < 1.29 is 19.3 Å². The Morgan fingerprint density at radius 1 is 0.930 bits per heavy atom. The number of hydrogen-bond acceptors (Lipinski definition) is 6. The van der Waals surface area contributed by atoms with Gasteiger partial charge in [0, 0.05) is 39.7 Å². The molecule has 0 saturated carbocycles. The molecule has 212 valence electrons. The van der Waals surface area contributed by atoms with Gasteiger partial charge in [-0.2, -0.15) is 0 Å². The third-order valence-electron chi connectivity index (χ3n) is 8.81. The largest absolute Gasteiger partial charge is 0.352 e. The molecule has 4 aromatic rings. The number of nitro groups is 1. The van der Waals surface area contributed by atoms with E-state index in [4.69, 9.17) is 11.6 Å². The van der Waals surface area contributed by atoms with E-state index in [2.05, 4.69) is 5.32 Å². The maximum Gasteiger partial charge on any atom is 0.270 e. The van der Waals surface area contributed by atoms with E-state index in [1.54, 1.807) is 42.5 Å². The number of hydrogen-bond donors (Lipinski definition) is 1. The van der Waals surface area contributed by atoms with Gasteiger partial charge in [-0.05, 0) is 60.5 Å². The Balaban J connectivity index is 1.53. The van der Waals surface area contributed by atoms with Gasteiger partial charge in [0.25, 0.3) is 5.69 Å². The van der Waals surface area contributed by atoms with Crippen LogP contribution in [0.2, 0.25) is 5.02 Å². The van der Waals surface area contributed by atoms with Crippen LogP contribution in [0.15, 0.2) is 97.1 Å². The third kappa shape index (κ3) is 3.87. The molecule has 0 aliphatic carbocycles. The number of nitrogens with zero attached hydrogens (tertiary/aromatic N) is 2. The molecule has 3 aliphatic rings. The molecule has 1 fully saturated rings. The minimum atomic E-state index is -1.51. The zero-order chi connectivity index (χ0) is 30.0. The van der Waals surface area contributed by atoms with Gasteiger partial charge in [0.2, 0.25) is 5.91 Å². The molecule has 0 aromatic heterocycles. The van der Waals surface area contributed by atoms with E-state index in [1.807, 2.05) is 48.2 Å². The number of para-hydroxylation sites is 1. The first-order chi connectivity index (χ1) is 20.7. The van der Waals surface area contributed by atoms with Crippen LogP contribution < -0.4 is 10.2 Å². The van der Waals surface area contributed by atoms with Crippen molar-refractivity contribution in [3.63, 3.8) is 0 Å². The summed E-state index contributed by atoms with van der Waals surface area (Å²) in [5.74, 6) is -2.53. The summed E-state index contributed by atoms with van der Waals surface area (Å²) in [4.78, 5) is 56.9. The Kier molecular flexibility index (Phi) is 6.07. The van der Waals surface area contributed by atoms with Gasteiger partial charge in [0.15, 0.2) is 11.6 Å². The second-order valence-electron chi connectivity index (χ2n) is 11.1. The highest BCUT2D eigenvalue weighted by Gasteiger charge is 2.70. The zero-order valence-electron chi connectivity index (χ0n) is 22.9. The van der Waals surface area contributed by atoms with Crippen molar-refractivity contribution in [2.45, 2.75) is 24.4 Å². The van der Waals surface area contributed by atoms with E-state index in [1.165, 1.54) is 24.3 Å². The van der Waals surface area contributed by atoms with Crippen molar-refractivity contribution in [2.75, 3.05) is 10.2 Å². The Hall–Kier alpha value is -5.08. The number of amides is 1. The van der Waals surface area contributed by atoms with Crippen molar-refractivity contribution in [1.82, 2.24) is 0 Å². The first-order valence-electron chi connectivity index (χ1n) is 13.8. The summed E-state index contributed by atoms with van der Waals surface area (Å²) in [6.45, 7) is 1.97. The highest BCUT2D eigenvalue weighted by Crippen LogP contribution is 2.58. The van der Waals surface area contributed by atoms with Crippen molar-refractivity contribution >= 4 is 52.2 Å². The predicted molar refractivity (Wildman–Crippen MR) is 164 cm³/mol. The fraction of sp³-hybridized carbons (Fsp3) is 0.147. The SMILES string of the molecule is Cc1ccc2c(c1)C=C[C@@H]1N2[C@@H](C(=O)c2ccc(Cl)cc2)[C@H](C(=O)c2cccc([N+](=O)[O-])c2)[C@@]12C(=O)Nc1ccccc12. The first kappa shape index (κ1) is 26.8. The number of carbonyl (C=O) groups excluding carboxylic acids is 3. The zero-order valence-corrected chi connectivity index (χ0v) is 23.6. The van der Waals surface area contributed by atoms with Crippen LogP contribution in [0.4, 0.5) is 17.1 Å². The fourth-order valence-electron chi connectivity index (χ4n) is 7.04.